The molecule has 0 bridgehead atoms. The van der Waals surface area contributed by atoms with Crippen LogP contribution in [0.4, 0.5) is 4.39 Å². The van der Waals surface area contributed by atoms with E-state index in [1.54, 1.807) is 24.5 Å². The molecule has 0 radical (unpaired) electrons. The lowest BCUT2D eigenvalue weighted by atomic mass is 10.2. The molecule has 3 aromatic rings. The van der Waals surface area contributed by atoms with Gasteiger partial charge in [-0.3, -0.25) is 4.98 Å². The molecule has 0 fully saturated rings. The van der Waals surface area contributed by atoms with Gasteiger partial charge in [-0.05, 0) is 45.3 Å². The van der Waals surface area contributed by atoms with Crippen LogP contribution in [0.1, 0.15) is 17.0 Å². The van der Waals surface area contributed by atoms with E-state index in [9.17, 15) is 4.39 Å². The van der Waals surface area contributed by atoms with Crippen molar-refractivity contribution >= 4 is 15.9 Å². The zero-order valence-corrected chi connectivity index (χ0v) is 12.8. The summed E-state index contributed by atoms with van der Waals surface area (Å²) in [6, 6.07) is 8.99. The first-order valence-electron chi connectivity index (χ1n) is 6.55. The second-order valence-electron chi connectivity index (χ2n) is 4.76. The van der Waals surface area contributed by atoms with Crippen LogP contribution in [0.5, 0.6) is 0 Å². The predicted octanol–water partition coefficient (Wildman–Crippen LogP) is 3.82. The smallest absolute Gasteiger partial charge is 0.137 e. The van der Waals surface area contributed by atoms with Gasteiger partial charge in [-0.1, -0.05) is 12.1 Å². The van der Waals surface area contributed by atoms with Crippen LogP contribution in [-0.2, 0) is 13.0 Å². The quantitative estimate of drug-likeness (QED) is 0.719. The van der Waals surface area contributed by atoms with Crippen LogP contribution in [0, 0.1) is 5.82 Å². The monoisotopic (exact) mass is 345 g/mol. The topological polar surface area (TPSA) is 30.7 Å². The standard InChI is InChI=1S/C16H13BrFN3/c17-14-8-13(3-4-15(14)18)11-21-7-6-20-16(21)9-12-2-1-5-19-10-12/h1-8,10H,9,11H2. The van der Waals surface area contributed by atoms with Gasteiger partial charge in [0.2, 0.25) is 0 Å². The maximum atomic E-state index is 13.3. The van der Waals surface area contributed by atoms with Crippen LogP contribution in [0.15, 0.2) is 59.6 Å². The molecule has 0 unspecified atom stereocenters. The second-order valence-corrected chi connectivity index (χ2v) is 5.61. The lowest BCUT2D eigenvalue weighted by Gasteiger charge is -2.09. The lowest BCUT2D eigenvalue weighted by Crippen LogP contribution is -2.05. The summed E-state index contributed by atoms with van der Waals surface area (Å²) in [5, 5.41) is 0. The summed E-state index contributed by atoms with van der Waals surface area (Å²) >= 11 is 3.21. The van der Waals surface area contributed by atoms with Gasteiger partial charge in [-0.15, -0.1) is 0 Å². The van der Waals surface area contributed by atoms with Crippen molar-refractivity contribution in [3.8, 4) is 0 Å². The third-order valence-corrected chi connectivity index (χ3v) is 3.83. The first-order chi connectivity index (χ1) is 10.2. The molecule has 1 aromatic carbocycles. The van der Waals surface area contributed by atoms with E-state index >= 15 is 0 Å². The van der Waals surface area contributed by atoms with Gasteiger partial charge < -0.3 is 4.57 Å². The molecular weight excluding hydrogens is 333 g/mol. The fourth-order valence-electron chi connectivity index (χ4n) is 2.17. The van der Waals surface area contributed by atoms with Gasteiger partial charge in [-0.25, -0.2) is 9.37 Å². The number of hydrogen-bond acceptors (Lipinski definition) is 2. The van der Waals surface area contributed by atoms with Crippen molar-refractivity contribution in [2.75, 3.05) is 0 Å². The molecule has 21 heavy (non-hydrogen) atoms. The highest BCUT2D eigenvalue weighted by Crippen LogP contribution is 2.18. The summed E-state index contributed by atoms with van der Waals surface area (Å²) in [5.74, 6) is 0.711. The second kappa shape index (κ2) is 6.18. The third-order valence-electron chi connectivity index (χ3n) is 3.22. The molecule has 0 spiro atoms. The highest BCUT2D eigenvalue weighted by atomic mass is 79.9. The van der Waals surface area contributed by atoms with Gasteiger partial charge in [0.25, 0.3) is 0 Å². The highest BCUT2D eigenvalue weighted by molar-refractivity contribution is 9.10. The van der Waals surface area contributed by atoms with Crippen molar-refractivity contribution in [1.29, 1.82) is 0 Å². The summed E-state index contributed by atoms with van der Waals surface area (Å²) in [6.45, 7) is 0.661. The van der Waals surface area contributed by atoms with Crippen molar-refractivity contribution in [2.24, 2.45) is 0 Å². The minimum Gasteiger partial charge on any atom is -0.330 e. The van der Waals surface area contributed by atoms with E-state index in [2.05, 4.69) is 30.5 Å². The van der Waals surface area contributed by atoms with Crippen molar-refractivity contribution < 1.29 is 4.39 Å². The third kappa shape index (κ3) is 3.36. The van der Waals surface area contributed by atoms with Gasteiger partial charge in [0.1, 0.15) is 11.6 Å². The Morgan fingerprint density at radius 2 is 2.05 bits per heavy atom. The SMILES string of the molecule is Fc1ccc(Cn2ccnc2Cc2cccnc2)cc1Br. The Kier molecular flexibility index (Phi) is 4.10. The number of aromatic nitrogens is 3. The molecule has 0 aliphatic carbocycles. The maximum Gasteiger partial charge on any atom is 0.137 e. The summed E-state index contributed by atoms with van der Waals surface area (Å²) < 4.78 is 15.8. The van der Waals surface area contributed by atoms with Crippen LogP contribution in [0.2, 0.25) is 0 Å². The van der Waals surface area contributed by atoms with E-state index in [1.807, 2.05) is 24.5 Å². The van der Waals surface area contributed by atoms with E-state index < -0.39 is 0 Å². The molecule has 0 amide bonds. The first kappa shape index (κ1) is 13.9. The minimum atomic E-state index is -0.250. The zero-order valence-electron chi connectivity index (χ0n) is 11.2. The predicted molar refractivity (Wildman–Crippen MR) is 82.5 cm³/mol. The van der Waals surface area contributed by atoms with Crippen molar-refractivity contribution in [3.05, 3.63) is 82.4 Å². The Balaban J connectivity index is 1.80. The van der Waals surface area contributed by atoms with Crippen molar-refractivity contribution in [3.63, 3.8) is 0 Å². The lowest BCUT2D eigenvalue weighted by molar-refractivity contribution is 0.619. The molecule has 0 aliphatic heterocycles. The molecule has 3 rings (SSSR count). The molecule has 0 saturated carbocycles. The summed E-state index contributed by atoms with van der Waals surface area (Å²) in [4.78, 5) is 8.51. The number of benzene rings is 1. The Labute approximate surface area is 130 Å². The Hall–Kier alpha value is -2.01. The van der Waals surface area contributed by atoms with E-state index in [1.165, 1.54) is 6.07 Å². The van der Waals surface area contributed by atoms with E-state index in [0.29, 0.717) is 11.0 Å². The number of rotatable bonds is 4. The molecule has 5 heteroatoms. The van der Waals surface area contributed by atoms with Gasteiger partial charge in [0.05, 0.1) is 4.47 Å². The molecule has 0 aliphatic rings. The fraction of sp³-hybridized carbons (Fsp3) is 0.125. The summed E-state index contributed by atoms with van der Waals surface area (Å²) in [7, 11) is 0. The fourth-order valence-corrected chi connectivity index (χ4v) is 2.60. The number of halogens is 2. The summed E-state index contributed by atoms with van der Waals surface area (Å²) in [6.07, 6.45) is 8.04. The molecule has 0 atom stereocenters. The maximum absolute atomic E-state index is 13.3. The normalized spacial score (nSPS) is 10.8. The van der Waals surface area contributed by atoms with Gasteiger partial charge >= 0.3 is 0 Å². The number of imidazole rings is 1. The zero-order chi connectivity index (χ0) is 14.7. The van der Waals surface area contributed by atoms with Gasteiger partial charge in [0.15, 0.2) is 0 Å². The Morgan fingerprint density at radius 1 is 1.14 bits per heavy atom. The molecule has 106 valence electrons. The molecular formula is C16H13BrFN3. The van der Waals surface area contributed by atoms with Crippen LogP contribution < -0.4 is 0 Å². The number of pyridine rings is 1. The highest BCUT2D eigenvalue weighted by Gasteiger charge is 2.06. The van der Waals surface area contributed by atoms with E-state index in [-0.39, 0.29) is 5.82 Å². The van der Waals surface area contributed by atoms with Crippen molar-refractivity contribution in [2.45, 2.75) is 13.0 Å². The largest absolute Gasteiger partial charge is 0.330 e. The summed E-state index contributed by atoms with van der Waals surface area (Å²) in [5.41, 5.74) is 2.14. The number of nitrogens with zero attached hydrogens (tertiary/aromatic N) is 3. The Morgan fingerprint density at radius 3 is 2.81 bits per heavy atom. The average Bonchev–Trinajstić information content (AvgIpc) is 2.91. The van der Waals surface area contributed by atoms with Crippen molar-refractivity contribution in [1.82, 2.24) is 14.5 Å². The van der Waals surface area contributed by atoms with Crippen LogP contribution in [0.3, 0.4) is 0 Å². The Bertz CT molecular complexity index is 740. The van der Waals surface area contributed by atoms with E-state index in [4.69, 9.17) is 0 Å². The molecule has 2 aromatic heterocycles. The molecule has 2 heterocycles. The molecule has 3 nitrogen and oxygen atoms in total. The first-order valence-corrected chi connectivity index (χ1v) is 7.34. The van der Waals surface area contributed by atoms with Crippen LogP contribution in [-0.4, -0.2) is 14.5 Å². The molecule has 0 N–H and O–H groups in total. The van der Waals surface area contributed by atoms with E-state index in [0.717, 1.165) is 23.4 Å². The van der Waals surface area contributed by atoms with Crippen LogP contribution >= 0.6 is 15.9 Å². The van der Waals surface area contributed by atoms with Crippen LogP contribution in [0.25, 0.3) is 0 Å². The number of hydrogen-bond donors (Lipinski definition) is 0. The average molecular weight is 346 g/mol. The van der Waals surface area contributed by atoms with Gasteiger partial charge in [0, 0.05) is 37.8 Å². The molecule has 0 saturated heterocycles. The minimum absolute atomic E-state index is 0.250. The van der Waals surface area contributed by atoms with Gasteiger partial charge in [-0.2, -0.15) is 0 Å².